The Hall–Kier alpha value is -2.81. The van der Waals surface area contributed by atoms with Gasteiger partial charge in [-0.05, 0) is 70.1 Å². The van der Waals surface area contributed by atoms with Gasteiger partial charge in [0.1, 0.15) is 16.7 Å². The molecule has 3 N–H and O–H groups in total. The van der Waals surface area contributed by atoms with Crippen LogP contribution in [0.15, 0.2) is 42.2 Å². The van der Waals surface area contributed by atoms with E-state index in [-0.39, 0.29) is 29.3 Å². The number of amides is 1. The Morgan fingerprint density at radius 2 is 2.05 bits per heavy atom. The molecular weight excluding hydrogens is 486 g/mol. The third-order valence-corrected chi connectivity index (χ3v) is 7.76. The fraction of sp³-hybridized carbons (Fsp3) is 0.571. The Balaban J connectivity index is 1.99. The number of carbonyl (C=O) groups excluding carboxylic acids is 1. The molecule has 2 atom stereocenters. The summed E-state index contributed by atoms with van der Waals surface area (Å²) in [6, 6.07) is 3.87. The smallest absolute Gasteiger partial charge is 0.303 e. The van der Waals surface area contributed by atoms with Crippen molar-refractivity contribution in [2.45, 2.75) is 90.1 Å². The molecule has 37 heavy (non-hydrogen) atoms. The molecule has 2 unspecified atom stereocenters. The molecule has 0 aromatic carbocycles. The minimum atomic E-state index is -0.788. The normalized spacial score (nSPS) is 24.0. The Bertz CT molecular complexity index is 1080. The first-order valence-corrected chi connectivity index (χ1v) is 13.8. The Morgan fingerprint density at radius 3 is 2.70 bits per heavy atom. The lowest BCUT2D eigenvalue weighted by molar-refractivity contribution is -0.137. The fourth-order valence-electron chi connectivity index (χ4n) is 5.09. The number of carboxylic acid groups (broad SMARTS) is 1. The lowest BCUT2D eigenvalue weighted by atomic mass is 9.90. The standard InChI is InChI=1S/C28H41N5O3S/c1-8-23-30-18(2)29-20(10-9-11-24(34)35)13-12-19-16-28(6,7)33(17-19)25-21(26(36)32-37-23)14-15-22(31-25)27(3,4)5/h8,14-15,19-20,29H,1-2,9-13,16-17H2,3-7H3,(H,32,36)(H,34,35)/b30-23+. The minimum absolute atomic E-state index is 0.0569. The summed E-state index contributed by atoms with van der Waals surface area (Å²) in [5.74, 6) is 0.572. The highest BCUT2D eigenvalue weighted by molar-refractivity contribution is 8.13. The Kier molecular flexibility index (Phi) is 9.10. The molecule has 0 aliphatic carbocycles. The second-order valence-corrected chi connectivity index (χ2v) is 12.5. The number of anilines is 1. The van der Waals surface area contributed by atoms with Crippen molar-refractivity contribution in [3.05, 3.63) is 48.4 Å². The van der Waals surface area contributed by atoms with Crippen molar-refractivity contribution in [3.8, 4) is 0 Å². The molecule has 2 aliphatic rings. The summed E-state index contributed by atoms with van der Waals surface area (Å²) in [7, 11) is 0. The van der Waals surface area contributed by atoms with E-state index in [1.165, 1.54) is 0 Å². The summed E-state index contributed by atoms with van der Waals surface area (Å²) in [6.07, 6.45) is 5.82. The number of nitrogens with one attached hydrogen (secondary N) is 2. The van der Waals surface area contributed by atoms with Gasteiger partial charge in [0.15, 0.2) is 0 Å². The number of rotatable bonds is 5. The molecular formula is C28H41N5O3S. The number of fused-ring (bicyclic) bond motifs is 4. The number of aliphatic carboxylic acids is 1. The third-order valence-electron chi connectivity index (χ3n) is 7.01. The van der Waals surface area contributed by atoms with Gasteiger partial charge >= 0.3 is 5.97 Å². The lowest BCUT2D eigenvalue weighted by Crippen LogP contribution is -2.40. The molecule has 8 nitrogen and oxygen atoms in total. The van der Waals surface area contributed by atoms with Crippen LogP contribution in [0.5, 0.6) is 0 Å². The van der Waals surface area contributed by atoms with Gasteiger partial charge in [-0.2, -0.15) is 0 Å². The molecule has 9 heteroatoms. The van der Waals surface area contributed by atoms with Crippen LogP contribution in [0.2, 0.25) is 0 Å². The molecule has 0 radical (unpaired) electrons. The van der Waals surface area contributed by atoms with E-state index < -0.39 is 5.97 Å². The van der Waals surface area contributed by atoms with Crippen LogP contribution in [0.25, 0.3) is 0 Å². The molecule has 1 saturated heterocycles. The van der Waals surface area contributed by atoms with Crippen molar-refractivity contribution in [3.63, 3.8) is 0 Å². The van der Waals surface area contributed by atoms with Crippen molar-refractivity contribution in [1.82, 2.24) is 15.0 Å². The first-order chi connectivity index (χ1) is 17.3. The molecule has 1 aromatic rings. The van der Waals surface area contributed by atoms with E-state index >= 15 is 0 Å². The summed E-state index contributed by atoms with van der Waals surface area (Å²) in [5.41, 5.74) is 1.15. The Morgan fingerprint density at radius 1 is 1.32 bits per heavy atom. The van der Waals surface area contributed by atoms with Crippen LogP contribution in [-0.4, -0.2) is 45.1 Å². The van der Waals surface area contributed by atoms with E-state index in [1.54, 1.807) is 6.08 Å². The summed E-state index contributed by atoms with van der Waals surface area (Å²) in [6.45, 7) is 19.5. The molecule has 3 rings (SSSR count). The maximum Gasteiger partial charge on any atom is 0.303 e. The molecule has 1 fully saturated rings. The number of carboxylic acids is 1. The van der Waals surface area contributed by atoms with Crippen LogP contribution in [0.4, 0.5) is 5.82 Å². The van der Waals surface area contributed by atoms with Crippen LogP contribution < -0.4 is 14.9 Å². The molecule has 2 bridgehead atoms. The van der Waals surface area contributed by atoms with E-state index in [0.717, 1.165) is 43.4 Å². The molecule has 2 aliphatic heterocycles. The highest BCUT2D eigenvalue weighted by atomic mass is 32.2. The minimum Gasteiger partial charge on any atom is -0.481 e. The third kappa shape index (κ3) is 7.60. The molecule has 0 saturated carbocycles. The average molecular weight is 528 g/mol. The molecule has 3 heterocycles. The van der Waals surface area contributed by atoms with Gasteiger partial charge in [-0.3, -0.25) is 14.3 Å². The number of hydrogen-bond donors (Lipinski definition) is 3. The lowest BCUT2D eigenvalue weighted by Gasteiger charge is -2.34. The van der Waals surface area contributed by atoms with E-state index in [1.807, 2.05) is 12.1 Å². The molecule has 1 aromatic heterocycles. The maximum atomic E-state index is 13.4. The average Bonchev–Trinajstić information content (AvgIpc) is 3.11. The van der Waals surface area contributed by atoms with Gasteiger partial charge in [0.05, 0.1) is 5.56 Å². The van der Waals surface area contributed by atoms with Gasteiger partial charge in [0.25, 0.3) is 5.91 Å². The van der Waals surface area contributed by atoms with E-state index in [0.29, 0.717) is 41.0 Å². The van der Waals surface area contributed by atoms with Gasteiger partial charge in [-0.1, -0.05) is 33.9 Å². The predicted octanol–water partition coefficient (Wildman–Crippen LogP) is 5.42. The largest absolute Gasteiger partial charge is 0.481 e. The van der Waals surface area contributed by atoms with Crippen LogP contribution >= 0.6 is 11.9 Å². The summed E-state index contributed by atoms with van der Waals surface area (Å²) >= 11 is 1.09. The topological polar surface area (TPSA) is 107 Å². The number of hydrogen-bond acceptors (Lipinski definition) is 7. The van der Waals surface area contributed by atoms with Crippen molar-refractivity contribution in [1.29, 1.82) is 0 Å². The first kappa shape index (κ1) is 28.8. The highest BCUT2D eigenvalue weighted by Crippen LogP contribution is 2.40. The van der Waals surface area contributed by atoms with Crippen LogP contribution in [0.3, 0.4) is 0 Å². The van der Waals surface area contributed by atoms with Gasteiger partial charge in [0, 0.05) is 47.6 Å². The molecule has 1 amide bonds. The zero-order valence-corrected chi connectivity index (χ0v) is 23.6. The zero-order valence-electron chi connectivity index (χ0n) is 22.8. The van der Waals surface area contributed by atoms with E-state index in [4.69, 9.17) is 10.1 Å². The molecule has 0 spiro atoms. The van der Waals surface area contributed by atoms with Crippen LogP contribution in [0.1, 0.15) is 89.2 Å². The second kappa shape index (κ2) is 11.7. The number of pyridine rings is 1. The van der Waals surface area contributed by atoms with Crippen molar-refractivity contribution < 1.29 is 14.7 Å². The SMILES string of the molecule is C=C/C1=N\C(=C)NC(CCCC(=O)O)CCC2CN(c3nc(C(C)(C)C)ccc3C(=O)NS1)C(C)(C)C2. The van der Waals surface area contributed by atoms with Gasteiger partial charge in [-0.15, -0.1) is 0 Å². The summed E-state index contributed by atoms with van der Waals surface area (Å²) in [4.78, 5) is 36.3. The number of aromatic nitrogens is 1. The quantitative estimate of drug-likeness (QED) is 0.439. The fourth-order valence-corrected chi connectivity index (χ4v) is 5.64. The van der Waals surface area contributed by atoms with E-state index in [2.05, 4.69) is 67.7 Å². The number of nitrogens with zero attached hydrogens (tertiary/aromatic N) is 3. The molecule has 202 valence electrons. The van der Waals surface area contributed by atoms with Gasteiger partial charge in [-0.25, -0.2) is 9.98 Å². The predicted molar refractivity (Wildman–Crippen MR) is 152 cm³/mol. The van der Waals surface area contributed by atoms with Crippen LogP contribution in [-0.2, 0) is 10.2 Å². The Labute approximate surface area is 225 Å². The van der Waals surface area contributed by atoms with Crippen molar-refractivity contribution >= 4 is 34.7 Å². The van der Waals surface area contributed by atoms with Crippen LogP contribution in [0, 0.1) is 5.92 Å². The highest BCUT2D eigenvalue weighted by Gasteiger charge is 2.41. The number of carbonyl (C=O) groups is 2. The van der Waals surface area contributed by atoms with Crippen molar-refractivity contribution in [2.75, 3.05) is 11.4 Å². The second-order valence-electron chi connectivity index (χ2n) is 11.6. The van der Waals surface area contributed by atoms with Gasteiger partial charge in [0.2, 0.25) is 0 Å². The zero-order chi connectivity index (χ0) is 27.4. The summed E-state index contributed by atoms with van der Waals surface area (Å²) < 4.78 is 2.91. The monoisotopic (exact) mass is 527 g/mol. The van der Waals surface area contributed by atoms with Gasteiger partial charge < -0.3 is 15.3 Å². The van der Waals surface area contributed by atoms with Crippen molar-refractivity contribution in [2.24, 2.45) is 10.9 Å². The first-order valence-electron chi connectivity index (χ1n) is 12.9. The summed E-state index contributed by atoms with van der Waals surface area (Å²) in [5, 5.41) is 13.0. The van der Waals surface area contributed by atoms with E-state index in [9.17, 15) is 9.59 Å². The number of aliphatic imine (C=N–C) groups is 1. The maximum absolute atomic E-state index is 13.4.